The predicted octanol–water partition coefficient (Wildman–Crippen LogP) is 4.30. The van der Waals surface area contributed by atoms with E-state index >= 15 is 0 Å². The van der Waals surface area contributed by atoms with Crippen molar-refractivity contribution in [3.05, 3.63) is 26.7 Å². The van der Waals surface area contributed by atoms with Crippen molar-refractivity contribution in [2.75, 3.05) is 0 Å². The molecule has 0 saturated carbocycles. The van der Waals surface area contributed by atoms with E-state index in [4.69, 9.17) is 23.2 Å². The summed E-state index contributed by atoms with van der Waals surface area (Å²) in [6, 6.07) is 3.78. The molecule has 0 bridgehead atoms. The lowest BCUT2D eigenvalue weighted by molar-refractivity contribution is 1.64. The van der Waals surface area contributed by atoms with Crippen LogP contribution >= 0.6 is 39.1 Å². The maximum atomic E-state index is 6.19. The number of halogens is 3. The highest BCUT2D eigenvalue weighted by Crippen LogP contribution is 2.26. The van der Waals surface area contributed by atoms with E-state index in [0.717, 1.165) is 19.7 Å². The highest BCUT2D eigenvalue weighted by Gasteiger charge is 2.23. The Morgan fingerprint density at radius 3 is 2.08 bits per heavy atom. The number of hydrogen-bond donors (Lipinski definition) is 0. The highest BCUT2D eigenvalue weighted by atomic mass is 79.9. The maximum Gasteiger partial charge on any atom is 0.0815 e. The first-order chi connectivity index (χ1) is 5.84. The normalized spacial score (nSPS) is 11.8. The molecule has 1 aromatic carbocycles. The van der Waals surface area contributed by atoms with Gasteiger partial charge >= 0.3 is 0 Å². The Morgan fingerprint density at radius 1 is 1.15 bits per heavy atom. The van der Waals surface area contributed by atoms with Crippen molar-refractivity contribution in [3.8, 4) is 0 Å². The van der Waals surface area contributed by atoms with Crippen LogP contribution in [-0.2, 0) is 0 Å². The minimum Gasteiger partial charge on any atom is -0.0844 e. The van der Waals surface area contributed by atoms with E-state index in [2.05, 4.69) is 35.6 Å². The topological polar surface area (TPSA) is 0 Å². The fourth-order valence-corrected chi connectivity index (χ4v) is 5.39. The molecule has 1 aromatic rings. The van der Waals surface area contributed by atoms with Crippen LogP contribution in [-0.4, -0.2) is 8.07 Å². The summed E-state index contributed by atoms with van der Waals surface area (Å²) in [4.78, 5) is 0. The van der Waals surface area contributed by atoms with Gasteiger partial charge in [-0.05, 0) is 33.2 Å². The van der Waals surface area contributed by atoms with Crippen LogP contribution in [0.4, 0.5) is 0 Å². The van der Waals surface area contributed by atoms with Crippen molar-refractivity contribution in [1.29, 1.82) is 0 Å². The number of benzene rings is 1. The first kappa shape index (κ1) is 11.6. The molecule has 4 heteroatoms. The summed E-state index contributed by atoms with van der Waals surface area (Å²) in [5, 5.41) is 2.68. The van der Waals surface area contributed by atoms with Gasteiger partial charge in [-0.15, -0.1) is 0 Å². The first-order valence-corrected chi connectivity index (χ1v) is 9.03. The molecule has 0 amide bonds. The van der Waals surface area contributed by atoms with Crippen LogP contribution in [0.5, 0.6) is 0 Å². The molecule has 0 heterocycles. The molecular formula is C9H11BrCl2Si. The minimum atomic E-state index is -1.45. The molecule has 0 atom stereocenters. The van der Waals surface area contributed by atoms with E-state index in [0.29, 0.717) is 0 Å². The van der Waals surface area contributed by atoms with Gasteiger partial charge in [0.25, 0.3) is 0 Å². The van der Waals surface area contributed by atoms with Gasteiger partial charge in [0.1, 0.15) is 0 Å². The molecule has 0 saturated heterocycles. The molecule has 13 heavy (non-hydrogen) atoms. The SMILES string of the molecule is C[Si](C)(C)c1c(Cl)ccc(Br)c1Cl. The molecule has 0 fully saturated rings. The predicted molar refractivity (Wildman–Crippen MR) is 67.1 cm³/mol. The Morgan fingerprint density at radius 2 is 1.69 bits per heavy atom. The summed E-state index contributed by atoms with van der Waals surface area (Å²) >= 11 is 15.7. The van der Waals surface area contributed by atoms with E-state index in [1.807, 2.05) is 12.1 Å². The zero-order valence-electron chi connectivity index (χ0n) is 7.79. The minimum absolute atomic E-state index is 0.770. The zero-order valence-corrected chi connectivity index (χ0v) is 11.9. The monoisotopic (exact) mass is 296 g/mol. The van der Waals surface area contributed by atoms with E-state index in [-0.39, 0.29) is 0 Å². The summed E-state index contributed by atoms with van der Waals surface area (Å²) in [7, 11) is -1.45. The molecule has 0 radical (unpaired) electrons. The molecular weight excluding hydrogens is 287 g/mol. The van der Waals surface area contributed by atoms with Crippen LogP contribution in [0.2, 0.25) is 29.7 Å². The Bertz CT molecular complexity index is 331. The van der Waals surface area contributed by atoms with Crippen LogP contribution in [0.1, 0.15) is 0 Å². The summed E-state index contributed by atoms with van der Waals surface area (Å²) < 4.78 is 0.927. The Hall–Kier alpha value is 0.497. The van der Waals surface area contributed by atoms with E-state index < -0.39 is 8.07 Å². The van der Waals surface area contributed by atoms with Crippen molar-refractivity contribution in [2.45, 2.75) is 19.6 Å². The fraction of sp³-hybridized carbons (Fsp3) is 0.333. The molecule has 0 unspecified atom stereocenters. The van der Waals surface area contributed by atoms with E-state index in [9.17, 15) is 0 Å². The van der Waals surface area contributed by atoms with Gasteiger partial charge < -0.3 is 0 Å². The third-order valence-electron chi connectivity index (χ3n) is 1.79. The van der Waals surface area contributed by atoms with Crippen LogP contribution in [0, 0.1) is 0 Å². The largest absolute Gasteiger partial charge is 0.0844 e. The molecule has 72 valence electrons. The lowest BCUT2D eigenvalue weighted by Gasteiger charge is -2.20. The Labute approximate surface area is 98.4 Å². The third-order valence-corrected chi connectivity index (χ3v) is 5.73. The molecule has 0 spiro atoms. The molecule has 0 N–H and O–H groups in total. The van der Waals surface area contributed by atoms with Gasteiger partial charge in [0, 0.05) is 9.50 Å². The van der Waals surface area contributed by atoms with Crippen LogP contribution in [0.3, 0.4) is 0 Å². The number of hydrogen-bond acceptors (Lipinski definition) is 0. The van der Waals surface area contributed by atoms with Gasteiger partial charge in [0.05, 0.1) is 13.1 Å². The van der Waals surface area contributed by atoms with E-state index in [1.165, 1.54) is 0 Å². The molecule has 0 aliphatic heterocycles. The summed E-state index contributed by atoms with van der Waals surface area (Å²) in [5.74, 6) is 0. The third kappa shape index (κ3) is 2.49. The van der Waals surface area contributed by atoms with Crippen LogP contribution < -0.4 is 5.19 Å². The summed E-state index contributed by atoms with van der Waals surface area (Å²) in [6.45, 7) is 6.69. The Balaban J connectivity index is 3.43. The van der Waals surface area contributed by atoms with Crippen LogP contribution in [0.25, 0.3) is 0 Å². The maximum absolute atomic E-state index is 6.19. The van der Waals surface area contributed by atoms with Gasteiger partial charge in [0.15, 0.2) is 0 Å². The van der Waals surface area contributed by atoms with Gasteiger partial charge in [-0.25, -0.2) is 0 Å². The number of rotatable bonds is 1. The first-order valence-electron chi connectivity index (χ1n) is 3.98. The lowest BCUT2D eigenvalue weighted by Crippen LogP contribution is -2.39. The fourth-order valence-electron chi connectivity index (χ4n) is 1.21. The second-order valence-electron chi connectivity index (χ2n) is 3.97. The lowest BCUT2D eigenvalue weighted by atomic mass is 10.4. The van der Waals surface area contributed by atoms with Crippen molar-refractivity contribution in [2.24, 2.45) is 0 Å². The molecule has 0 aromatic heterocycles. The quantitative estimate of drug-likeness (QED) is 0.535. The van der Waals surface area contributed by atoms with Crippen molar-refractivity contribution in [1.82, 2.24) is 0 Å². The summed E-state index contributed by atoms with van der Waals surface area (Å²) in [5.41, 5.74) is 0. The average Bonchev–Trinajstić information content (AvgIpc) is 1.95. The van der Waals surface area contributed by atoms with Crippen molar-refractivity contribution >= 4 is 52.4 Å². The molecule has 0 aliphatic carbocycles. The van der Waals surface area contributed by atoms with Gasteiger partial charge in [-0.1, -0.05) is 42.8 Å². The Kier molecular flexibility index (Phi) is 3.50. The summed E-state index contributed by atoms with van der Waals surface area (Å²) in [6.07, 6.45) is 0. The highest BCUT2D eigenvalue weighted by molar-refractivity contribution is 9.10. The molecule has 0 aliphatic rings. The smallest absolute Gasteiger partial charge is 0.0815 e. The van der Waals surface area contributed by atoms with Gasteiger partial charge in [-0.3, -0.25) is 0 Å². The van der Waals surface area contributed by atoms with E-state index in [1.54, 1.807) is 0 Å². The average molecular weight is 298 g/mol. The van der Waals surface area contributed by atoms with Crippen LogP contribution in [0.15, 0.2) is 16.6 Å². The van der Waals surface area contributed by atoms with Gasteiger partial charge in [-0.2, -0.15) is 0 Å². The second kappa shape index (κ2) is 3.93. The zero-order chi connectivity index (χ0) is 10.2. The molecule has 1 rings (SSSR count). The van der Waals surface area contributed by atoms with Crippen molar-refractivity contribution < 1.29 is 0 Å². The molecule has 0 nitrogen and oxygen atoms in total. The van der Waals surface area contributed by atoms with Crippen molar-refractivity contribution in [3.63, 3.8) is 0 Å². The standard InChI is InChI=1S/C9H11BrCl2Si/c1-13(2,3)9-7(11)5-4-6(10)8(9)12/h4-5H,1-3H3. The van der Waals surface area contributed by atoms with Gasteiger partial charge in [0.2, 0.25) is 0 Å². The second-order valence-corrected chi connectivity index (χ2v) is 10.6.